The summed E-state index contributed by atoms with van der Waals surface area (Å²) >= 11 is 0. The molecule has 0 saturated carbocycles. The molecular weight excluding hydrogens is 384 g/mol. The molecule has 5 nitrogen and oxygen atoms in total. The third-order valence-corrected chi connectivity index (χ3v) is 7.14. The van der Waals surface area contributed by atoms with Gasteiger partial charge >= 0.3 is 0 Å². The second-order valence-corrected chi connectivity index (χ2v) is 9.15. The van der Waals surface area contributed by atoms with Gasteiger partial charge in [0.2, 0.25) is 5.89 Å². The van der Waals surface area contributed by atoms with Gasteiger partial charge in [-0.1, -0.05) is 18.2 Å². The first kappa shape index (κ1) is 20.2. The zero-order chi connectivity index (χ0) is 21.4. The second-order valence-electron chi connectivity index (χ2n) is 9.15. The largest absolute Gasteiger partial charge is 0.439 e. The Morgan fingerprint density at radius 1 is 1.03 bits per heavy atom. The number of fused-ring (bicyclic) bond motifs is 1. The van der Waals surface area contributed by atoms with Gasteiger partial charge in [-0.2, -0.15) is 5.26 Å². The summed E-state index contributed by atoms with van der Waals surface area (Å²) in [6.45, 7) is 7.94. The normalized spacial score (nSPS) is 23.4. The van der Waals surface area contributed by atoms with Crippen molar-refractivity contribution in [3.63, 3.8) is 0 Å². The summed E-state index contributed by atoms with van der Waals surface area (Å²) < 4.78 is 6.34. The maximum Gasteiger partial charge on any atom is 0.214 e. The van der Waals surface area contributed by atoms with E-state index in [0.29, 0.717) is 17.6 Å². The van der Waals surface area contributed by atoms with Crippen LogP contribution in [0, 0.1) is 11.3 Å². The maximum atomic E-state index is 9.04. The van der Waals surface area contributed by atoms with E-state index < -0.39 is 0 Å². The lowest BCUT2D eigenvalue weighted by Gasteiger charge is -2.33. The highest BCUT2D eigenvalue weighted by molar-refractivity contribution is 5.80. The lowest BCUT2D eigenvalue weighted by atomic mass is 10.0. The minimum atomic E-state index is 0.198. The summed E-state index contributed by atoms with van der Waals surface area (Å²) in [5.74, 6) is 0.847. The van der Waals surface area contributed by atoms with E-state index in [1.54, 1.807) is 0 Å². The van der Waals surface area contributed by atoms with Crippen LogP contribution in [0.1, 0.15) is 57.0 Å². The number of hydrogen-bond acceptors (Lipinski definition) is 5. The van der Waals surface area contributed by atoms with Gasteiger partial charge in [-0.3, -0.25) is 9.80 Å². The highest BCUT2D eigenvalue weighted by Crippen LogP contribution is 2.34. The van der Waals surface area contributed by atoms with Gasteiger partial charge in [0.15, 0.2) is 5.58 Å². The SMILES string of the molecule is C[C@@H]1CCCN1CC(c1nc2cc(-c3ccc(C#N)cc3)ccc2o1)N1CCC[C@H]1C. The molecule has 31 heavy (non-hydrogen) atoms. The van der Waals surface area contributed by atoms with Crippen LogP contribution in [0.3, 0.4) is 0 Å². The number of benzene rings is 2. The van der Waals surface area contributed by atoms with Crippen molar-refractivity contribution in [2.45, 2.75) is 57.7 Å². The topological polar surface area (TPSA) is 56.3 Å². The van der Waals surface area contributed by atoms with Gasteiger partial charge in [0.05, 0.1) is 17.7 Å². The predicted molar refractivity (Wildman–Crippen MR) is 123 cm³/mol. The van der Waals surface area contributed by atoms with Crippen LogP contribution in [0.25, 0.3) is 22.2 Å². The quantitative estimate of drug-likeness (QED) is 0.561. The van der Waals surface area contributed by atoms with Crippen molar-refractivity contribution in [2.24, 2.45) is 0 Å². The molecule has 5 rings (SSSR count). The Kier molecular flexibility index (Phi) is 5.52. The van der Waals surface area contributed by atoms with E-state index >= 15 is 0 Å². The molecule has 0 amide bonds. The third kappa shape index (κ3) is 3.98. The fraction of sp³-hybridized carbons (Fsp3) is 0.462. The van der Waals surface area contributed by atoms with Gasteiger partial charge in [0.25, 0.3) is 0 Å². The van der Waals surface area contributed by atoms with Gasteiger partial charge < -0.3 is 4.42 Å². The molecule has 5 heteroatoms. The average molecular weight is 415 g/mol. The van der Waals surface area contributed by atoms with E-state index in [2.05, 4.69) is 41.8 Å². The fourth-order valence-corrected chi connectivity index (χ4v) is 5.23. The van der Waals surface area contributed by atoms with Crippen molar-refractivity contribution in [2.75, 3.05) is 19.6 Å². The molecule has 0 aliphatic carbocycles. The minimum absolute atomic E-state index is 0.198. The number of hydrogen-bond donors (Lipinski definition) is 0. The zero-order valence-corrected chi connectivity index (χ0v) is 18.4. The van der Waals surface area contributed by atoms with E-state index in [4.69, 9.17) is 14.7 Å². The minimum Gasteiger partial charge on any atom is -0.439 e. The van der Waals surface area contributed by atoms with Crippen molar-refractivity contribution in [3.05, 3.63) is 53.9 Å². The van der Waals surface area contributed by atoms with E-state index in [9.17, 15) is 0 Å². The maximum absolute atomic E-state index is 9.04. The zero-order valence-electron chi connectivity index (χ0n) is 18.4. The smallest absolute Gasteiger partial charge is 0.214 e. The molecule has 1 unspecified atom stereocenters. The van der Waals surface area contributed by atoms with E-state index in [-0.39, 0.29) is 6.04 Å². The molecule has 1 aromatic heterocycles. The van der Waals surface area contributed by atoms with E-state index in [1.807, 2.05) is 30.3 Å². The van der Waals surface area contributed by atoms with Crippen LogP contribution >= 0.6 is 0 Å². The van der Waals surface area contributed by atoms with E-state index in [0.717, 1.165) is 41.2 Å². The second kappa shape index (κ2) is 8.45. The molecular formula is C26H30N4O. The highest BCUT2D eigenvalue weighted by Gasteiger charge is 2.35. The summed E-state index contributed by atoms with van der Waals surface area (Å²) in [5.41, 5.74) is 4.60. The molecule has 0 N–H and O–H groups in total. The Labute approximate surface area is 184 Å². The van der Waals surface area contributed by atoms with Crippen LogP contribution in [0.4, 0.5) is 0 Å². The number of likely N-dealkylation sites (tertiary alicyclic amines) is 2. The van der Waals surface area contributed by atoms with Gasteiger partial charge in [0, 0.05) is 18.6 Å². The monoisotopic (exact) mass is 414 g/mol. The molecule has 2 aromatic carbocycles. The fourth-order valence-electron chi connectivity index (χ4n) is 5.23. The van der Waals surface area contributed by atoms with Crippen LogP contribution in [0.2, 0.25) is 0 Å². The first-order valence-electron chi connectivity index (χ1n) is 11.5. The number of aromatic nitrogens is 1. The third-order valence-electron chi connectivity index (χ3n) is 7.14. The lowest BCUT2D eigenvalue weighted by Crippen LogP contribution is -2.41. The summed E-state index contributed by atoms with van der Waals surface area (Å²) in [7, 11) is 0. The first-order chi connectivity index (χ1) is 15.1. The Hall–Kier alpha value is -2.68. The lowest BCUT2D eigenvalue weighted by molar-refractivity contribution is 0.111. The van der Waals surface area contributed by atoms with Gasteiger partial charge in [-0.05, 0) is 88.0 Å². The molecule has 0 radical (unpaired) electrons. The predicted octanol–water partition coefficient (Wildman–Crippen LogP) is 5.38. The van der Waals surface area contributed by atoms with Crippen LogP contribution < -0.4 is 0 Å². The van der Waals surface area contributed by atoms with Crippen molar-refractivity contribution in [1.29, 1.82) is 5.26 Å². The molecule has 2 aliphatic rings. The Balaban J connectivity index is 1.47. The summed E-state index contributed by atoms with van der Waals surface area (Å²) in [4.78, 5) is 10.2. The number of nitrogens with zero attached hydrogens (tertiary/aromatic N) is 4. The Bertz CT molecular complexity index is 1100. The molecule has 2 fully saturated rings. The summed E-state index contributed by atoms with van der Waals surface area (Å²) in [5, 5.41) is 9.04. The number of nitriles is 1. The number of oxazole rings is 1. The summed E-state index contributed by atoms with van der Waals surface area (Å²) in [6, 6.07) is 17.5. The summed E-state index contributed by atoms with van der Waals surface area (Å²) in [6.07, 6.45) is 5.06. The van der Waals surface area contributed by atoms with Crippen LogP contribution in [-0.2, 0) is 0 Å². The molecule has 2 saturated heterocycles. The van der Waals surface area contributed by atoms with Gasteiger partial charge in [-0.15, -0.1) is 0 Å². The molecule has 3 aromatic rings. The molecule has 2 aliphatic heterocycles. The van der Waals surface area contributed by atoms with Gasteiger partial charge in [-0.25, -0.2) is 4.98 Å². The van der Waals surface area contributed by atoms with E-state index in [1.165, 1.54) is 32.2 Å². The average Bonchev–Trinajstić information content (AvgIpc) is 3.51. The standard InChI is InChI=1S/C26H30N4O/c1-18-5-3-13-29(18)17-24(30-14-4-6-19(30)2)26-28-23-15-22(11-12-25(23)31-26)21-9-7-20(16-27)8-10-21/h7-12,15,18-19,24H,3-6,13-14,17H2,1-2H3/t18-,19-,24?/m1/s1. The van der Waals surface area contributed by atoms with Gasteiger partial charge in [0.1, 0.15) is 5.52 Å². The Morgan fingerprint density at radius 3 is 2.45 bits per heavy atom. The van der Waals surface area contributed by atoms with Crippen molar-refractivity contribution < 1.29 is 4.42 Å². The molecule has 3 atom stereocenters. The van der Waals surface area contributed by atoms with Crippen LogP contribution in [0.5, 0.6) is 0 Å². The highest BCUT2D eigenvalue weighted by atomic mass is 16.3. The van der Waals surface area contributed by atoms with Crippen LogP contribution in [0.15, 0.2) is 46.9 Å². The molecule has 3 heterocycles. The molecule has 0 bridgehead atoms. The number of rotatable bonds is 5. The van der Waals surface area contributed by atoms with Crippen molar-refractivity contribution in [1.82, 2.24) is 14.8 Å². The van der Waals surface area contributed by atoms with Crippen LogP contribution in [-0.4, -0.2) is 46.5 Å². The Morgan fingerprint density at radius 2 is 1.77 bits per heavy atom. The van der Waals surface area contributed by atoms with Crippen molar-refractivity contribution in [3.8, 4) is 17.2 Å². The van der Waals surface area contributed by atoms with Crippen molar-refractivity contribution >= 4 is 11.1 Å². The molecule has 160 valence electrons. The molecule has 0 spiro atoms. The first-order valence-corrected chi connectivity index (χ1v) is 11.5.